The van der Waals surface area contributed by atoms with E-state index in [1.54, 1.807) is 9.80 Å². The lowest BCUT2D eigenvalue weighted by Gasteiger charge is -2.34. The van der Waals surface area contributed by atoms with Crippen molar-refractivity contribution >= 4 is 11.8 Å². The monoisotopic (exact) mass is 360 g/mol. The van der Waals surface area contributed by atoms with E-state index < -0.39 is 5.82 Å². The minimum absolute atomic E-state index is 0.0744. The van der Waals surface area contributed by atoms with Gasteiger partial charge in [-0.05, 0) is 24.3 Å². The summed E-state index contributed by atoms with van der Waals surface area (Å²) in [4.78, 5) is 39.0. The van der Waals surface area contributed by atoms with E-state index >= 15 is 0 Å². The van der Waals surface area contributed by atoms with Crippen LogP contribution in [0.5, 0.6) is 5.75 Å². The molecule has 0 bridgehead atoms. The second kappa shape index (κ2) is 7.34. The number of methoxy groups -OCH3 is 1. The number of carbonyl (C=O) groups is 2. The van der Waals surface area contributed by atoms with E-state index in [1.165, 1.54) is 31.4 Å². The highest BCUT2D eigenvalue weighted by Crippen LogP contribution is 2.19. The van der Waals surface area contributed by atoms with E-state index in [4.69, 9.17) is 4.74 Å². The first-order chi connectivity index (χ1) is 12.5. The molecule has 2 aromatic rings. The zero-order valence-electron chi connectivity index (χ0n) is 14.1. The van der Waals surface area contributed by atoms with Crippen molar-refractivity contribution < 1.29 is 18.7 Å². The average Bonchev–Trinajstić information content (AvgIpc) is 2.67. The van der Waals surface area contributed by atoms with Gasteiger partial charge in [0.2, 0.25) is 0 Å². The molecule has 3 rings (SSSR count). The van der Waals surface area contributed by atoms with Crippen molar-refractivity contribution in [2.75, 3.05) is 33.3 Å². The number of nitrogens with zero attached hydrogens (tertiary/aromatic N) is 3. The Morgan fingerprint density at radius 1 is 1.08 bits per heavy atom. The van der Waals surface area contributed by atoms with Gasteiger partial charge in [0.1, 0.15) is 5.69 Å². The minimum atomic E-state index is -0.601. The van der Waals surface area contributed by atoms with Crippen molar-refractivity contribution in [1.29, 1.82) is 0 Å². The van der Waals surface area contributed by atoms with Crippen LogP contribution in [0.25, 0.3) is 0 Å². The Hall–Kier alpha value is -3.23. The fraction of sp³-hybridized carbons (Fsp3) is 0.294. The standard InChI is InChI=1S/C17H17FN4O4/c1-26-14-4-2-11(10-12(14)18)16(24)21-6-8-22(9-7-21)17(25)13-3-5-15(23)20-19-13/h2-5,10H,6-9H2,1H3,(H,20,23). The predicted octanol–water partition coefficient (Wildman–Crippen LogP) is 0.516. The van der Waals surface area contributed by atoms with Gasteiger partial charge in [0.05, 0.1) is 7.11 Å². The second-order valence-corrected chi connectivity index (χ2v) is 5.74. The maximum Gasteiger partial charge on any atom is 0.274 e. The van der Waals surface area contributed by atoms with Crippen LogP contribution in [-0.4, -0.2) is 65.1 Å². The molecule has 0 aliphatic carbocycles. The van der Waals surface area contributed by atoms with Gasteiger partial charge in [-0.1, -0.05) is 0 Å². The summed E-state index contributed by atoms with van der Waals surface area (Å²) in [6, 6.07) is 6.65. The molecule has 1 aliphatic rings. The Morgan fingerprint density at radius 3 is 2.27 bits per heavy atom. The number of piperazine rings is 1. The predicted molar refractivity (Wildman–Crippen MR) is 89.6 cm³/mol. The van der Waals surface area contributed by atoms with Gasteiger partial charge in [0.15, 0.2) is 11.6 Å². The van der Waals surface area contributed by atoms with Crippen LogP contribution in [0.15, 0.2) is 35.1 Å². The van der Waals surface area contributed by atoms with Gasteiger partial charge in [-0.3, -0.25) is 14.4 Å². The van der Waals surface area contributed by atoms with Crippen LogP contribution in [-0.2, 0) is 0 Å². The number of aromatic amines is 1. The van der Waals surface area contributed by atoms with Crippen molar-refractivity contribution in [1.82, 2.24) is 20.0 Å². The molecular weight excluding hydrogens is 343 g/mol. The first-order valence-electron chi connectivity index (χ1n) is 7.97. The van der Waals surface area contributed by atoms with Crippen LogP contribution in [0.2, 0.25) is 0 Å². The number of aromatic nitrogens is 2. The van der Waals surface area contributed by atoms with Gasteiger partial charge in [-0.2, -0.15) is 5.10 Å². The van der Waals surface area contributed by atoms with E-state index in [-0.39, 0.29) is 34.4 Å². The highest BCUT2D eigenvalue weighted by Gasteiger charge is 2.26. The Balaban J connectivity index is 1.63. The fourth-order valence-corrected chi connectivity index (χ4v) is 2.72. The molecule has 136 valence electrons. The van der Waals surface area contributed by atoms with Crippen LogP contribution in [0.4, 0.5) is 4.39 Å². The Bertz CT molecular complexity index is 870. The lowest BCUT2D eigenvalue weighted by Crippen LogP contribution is -2.50. The molecule has 2 amide bonds. The maximum absolute atomic E-state index is 13.8. The molecule has 9 heteroatoms. The summed E-state index contributed by atoms with van der Waals surface area (Å²) in [7, 11) is 1.35. The number of hydrogen-bond donors (Lipinski definition) is 1. The van der Waals surface area contributed by atoms with Gasteiger partial charge in [-0.15, -0.1) is 0 Å². The highest BCUT2D eigenvalue weighted by molar-refractivity contribution is 5.95. The van der Waals surface area contributed by atoms with Crippen molar-refractivity contribution in [2.45, 2.75) is 0 Å². The van der Waals surface area contributed by atoms with Gasteiger partial charge in [0.25, 0.3) is 17.4 Å². The third-order valence-corrected chi connectivity index (χ3v) is 4.15. The average molecular weight is 360 g/mol. The normalized spacial score (nSPS) is 14.2. The summed E-state index contributed by atoms with van der Waals surface area (Å²) in [6.45, 7) is 1.29. The van der Waals surface area contributed by atoms with Crippen LogP contribution < -0.4 is 10.3 Å². The molecule has 1 aliphatic heterocycles. The number of carbonyl (C=O) groups excluding carboxylic acids is 2. The zero-order chi connectivity index (χ0) is 18.7. The molecule has 1 aromatic heterocycles. The number of nitrogens with one attached hydrogen (secondary N) is 1. The van der Waals surface area contributed by atoms with E-state index in [0.29, 0.717) is 26.2 Å². The van der Waals surface area contributed by atoms with Crippen LogP contribution in [0, 0.1) is 5.82 Å². The molecule has 0 spiro atoms. The van der Waals surface area contributed by atoms with Crippen molar-refractivity contribution in [3.8, 4) is 5.75 Å². The molecule has 8 nitrogen and oxygen atoms in total. The SMILES string of the molecule is COc1ccc(C(=O)N2CCN(C(=O)c3ccc(=O)[nH]n3)CC2)cc1F. The molecule has 0 atom stereocenters. The number of H-pyrrole nitrogens is 1. The molecular formula is C17H17FN4O4. The summed E-state index contributed by atoms with van der Waals surface area (Å²) in [5.74, 6) is -1.15. The van der Waals surface area contributed by atoms with Crippen molar-refractivity contribution in [3.05, 3.63) is 57.8 Å². The second-order valence-electron chi connectivity index (χ2n) is 5.74. The van der Waals surface area contributed by atoms with E-state index in [2.05, 4.69) is 10.2 Å². The summed E-state index contributed by atoms with van der Waals surface area (Å²) < 4.78 is 18.6. The molecule has 0 saturated carbocycles. The molecule has 26 heavy (non-hydrogen) atoms. The molecule has 1 aromatic carbocycles. The van der Waals surface area contributed by atoms with Crippen molar-refractivity contribution in [3.63, 3.8) is 0 Å². The summed E-state index contributed by atoms with van der Waals surface area (Å²) in [6.07, 6.45) is 0. The van der Waals surface area contributed by atoms with Crippen molar-refractivity contribution in [2.24, 2.45) is 0 Å². The fourth-order valence-electron chi connectivity index (χ4n) is 2.72. The Kier molecular flexibility index (Phi) is 4.97. The van der Waals surface area contributed by atoms with Crippen LogP contribution in [0.1, 0.15) is 20.8 Å². The first-order valence-corrected chi connectivity index (χ1v) is 7.97. The number of benzene rings is 1. The lowest BCUT2D eigenvalue weighted by atomic mass is 10.1. The Labute approximate surface area is 148 Å². The largest absolute Gasteiger partial charge is 0.494 e. The van der Waals surface area contributed by atoms with Crippen LogP contribution >= 0.6 is 0 Å². The summed E-state index contributed by atoms with van der Waals surface area (Å²) in [5.41, 5.74) is -0.0179. The van der Waals surface area contributed by atoms with Crippen LogP contribution in [0.3, 0.4) is 0 Å². The van der Waals surface area contributed by atoms with E-state index in [0.717, 1.165) is 6.07 Å². The molecule has 0 unspecified atom stereocenters. The number of ether oxygens (including phenoxy) is 1. The molecule has 1 saturated heterocycles. The Morgan fingerprint density at radius 2 is 1.73 bits per heavy atom. The zero-order valence-corrected chi connectivity index (χ0v) is 14.1. The lowest BCUT2D eigenvalue weighted by molar-refractivity contribution is 0.0531. The first kappa shape index (κ1) is 17.6. The number of amides is 2. The third-order valence-electron chi connectivity index (χ3n) is 4.15. The molecule has 1 N–H and O–H groups in total. The van der Waals surface area contributed by atoms with Gasteiger partial charge in [0, 0.05) is 37.8 Å². The number of hydrogen-bond acceptors (Lipinski definition) is 5. The molecule has 0 radical (unpaired) electrons. The molecule has 2 heterocycles. The highest BCUT2D eigenvalue weighted by atomic mass is 19.1. The summed E-state index contributed by atoms with van der Waals surface area (Å²) in [5, 5.41) is 5.94. The quantitative estimate of drug-likeness (QED) is 0.861. The smallest absolute Gasteiger partial charge is 0.274 e. The number of halogens is 1. The van der Waals surface area contributed by atoms with E-state index in [9.17, 15) is 18.8 Å². The van der Waals surface area contributed by atoms with Gasteiger partial charge in [-0.25, -0.2) is 9.49 Å². The van der Waals surface area contributed by atoms with Gasteiger partial charge < -0.3 is 14.5 Å². The maximum atomic E-state index is 13.8. The van der Waals surface area contributed by atoms with E-state index in [1.807, 2.05) is 0 Å². The number of rotatable bonds is 3. The topological polar surface area (TPSA) is 95.6 Å². The third kappa shape index (κ3) is 3.56. The summed E-state index contributed by atoms with van der Waals surface area (Å²) >= 11 is 0. The van der Waals surface area contributed by atoms with Gasteiger partial charge >= 0.3 is 0 Å². The molecule has 1 fully saturated rings. The minimum Gasteiger partial charge on any atom is -0.494 e.